The minimum absolute atomic E-state index is 0.0201. The Labute approximate surface area is 153 Å². The number of ether oxygens (including phenoxy) is 1. The third kappa shape index (κ3) is 3.65. The van der Waals surface area contributed by atoms with E-state index in [0.29, 0.717) is 10.6 Å². The van der Waals surface area contributed by atoms with Gasteiger partial charge in [-0.15, -0.1) is 0 Å². The number of nitrogens with zero attached hydrogens (tertiary/aromatic N) is 2. The molecule has 0 unspecified atom stereocenters. The van der Waals surface area contributed by atoms with Crippen molar-refractivity contribution in [2.45, 2.75) is 24.1 Å². The van der Waals surface area contributed by atoms with E-state index in [1.54, 1.807) is 19.1 Å². The van der Waals surface area contributed by atoms with E-state index < -0.39 is 28.0 Å². The molecule has 3 rings (SSSR count). The van der Waals surface area contributed by atoms with E-state index >= 15 is 0 Å². The lowest BCUT2D eigenvalue weighted by atomic mass is 10.2. The van der Waals surface area contributed by atoms with Gasteiger partial charge < -0.3 is 4.74 Å². The minimum Gasteiger partial charge on any atom is -0.472 e. The number of halogens is 4. The van der Waals surface area contributed by atoms with Gasteiger partial charge in [-0.1, -0.05) is 23.7 Å². The highest BCUT2D eigenvalue weighted by atomic mass is 35.5. The summed E-state index contributed by atoms with van der Waals surface area (Å²) < 4.78 is 69.8. The summed E-state index contributed by atoms with van der Waals surface area (Å²) in [4.78, 5) is 3.50. The Morgan fingerprint density at radius 3 is 2.50 bits per heavy atom. The third-order valence-corrected chi connectivity index (χ3v) is 6.34. The van der Waals surface area contributed by atoms with Crippen LogP contribution in [-0.2, 0) is 16.2 Å². The topological polar surface area (TPSA) is 59.5 Å². The first-order valence-electron chi connectivity index (χ1n) is 7.55. The standard InChI is InChI=1S/C16H14ClF3N2O3S/c1-10-12(17)4-2-5-13(10)26(23,24)22-8-11(9-22)25-15-7-3-6-14(21-15)16(18,19)20/h2-7,11H,8-9H2,1H3. The number of hydrogen-bond donors (Lipinski definition) is 0. The predicted octanol–water partition coefficient (Wildman–Crippen LogP) is 3.51. The van der Waals surface area contributed by atoms with Gasteiger partial charge >= 0.3 is 6.18 Å². The molecule has 5 nitrogen and oxygen atoms in total. The maximum Gasteiger partial charge on any atom is 0.433 e. The third-order valence-electron chi connectivity index (χ3n) is 3.95. The average molecular weight is 407 g/mol. The highest BCUT2D eigenvalue weighted by molar-refractivity contribution is 7.89. The molecule has 1 aromatic carbocycles. The molecule has 2 aromatic rings. The van der Waals surface area contributed by atoms with Gasteiger partial charge in [0, 0.05) is 11.1 Å². The van der Waals surface area contributed by atoms with Gasteiger partial charge in [-0.05, 0) is 30.7 Å². The van der Waals surface area contributed by atoms with Gasteiger partial charge in [-0.2, -0.15) is 17.5 Å². The Balaban J connectivity index is 1.69. The predicted molar refractivity (Wildman–Crippen MR) is 88.6 cm³/mol. The summed E-state index contributed by atoms with van der Waals surface area (Å²) in [5.74, 6) is -0.194. The second kappa shape index (κ2) is 6.71. The molecule has 1 aliphatic heterocycles. The SMILES string of the molecule is Cc1c(Cl)cccc1S(=O)(=O)N1CC(Oc2cccc(C(F)(F)F)n2)C1. The Bertz CT molecular complexity index is 929. The summed E-state index contributed by atoms with van der Waals surface area (Å²) >= 11 is 5.97. The highest BCUT2D eigenvalue weighted by Crippen LogP contribution is 2.31. The molecule has 0 saturated carbocycles. The molecule has 0 N–H and O–H groups in total. The molecule has 0 radical (unpaired) electrons. The lowest BCUT2D eigenvalue weighted by molar-refractivity contribution is -0.141. The molecule has 2 heterocycles. The molecular formula is C16H14ClF3N2O3S. The normalized spacial score (nSPS) is 16.3. The number of alkyl halides is 3. The van der Waals surface area contributed by atoms with Crippen LogP contribution in [0.3, 0.4) is 0 Å². The number of rotatable bonds is 4. The first kappa shape index (κ1) is 18.9. The molecule has 0 bridgehead atoms. The molecule has 26 heavy (non-hydrogen) atoms. The zero-order valence-corrected chi connectivity index (χ0v) is 15.1. The van der Waals surface area contributed by atoms with E-state index in [1.165, 1.54) is 22.5 Å². The van der Waals surface area contributed by atoms with Crippen LogP contribution >= 0.6 is 11.6 Å². The quantitative estimate of drug-likeness (QED) is 0.779. The lowest BCUT2D eigenvalue weighted by Gasteiger charge is -2.37. The minimum atomic E-state index is -4.57. The summed E-state index contributed by atoms with van der Waals surface area (Å²) in [5.41, 5.74) is -0.619. The van der Waals surface area contributed by atoms with Crippen LogP contribution in [0.1, 0.15) is 11.3 Å². The van der Waals surface area contributed by atoms with Crippen molar-refractivity contribution in [3.8, 4) is 5.88 Å². The average Bonchev–Trinajstić information content (AvgIpc) is 2.52. The van der Waals surface area contributed by atoms with Gasteiger partial charge in [-0.3, -0.25) is 0 Å². The van der Waals surface area contributed by atoms with Gasteiger partial charge in [0.1, 0.15) is 11.8 Å². The first-order valence-corrected chi connectivity index (χ1v) is 9.37. The molecular weight excluding hydrogens is 393 g/mol. The zero-order valence-electron chi connectivity index (χ0n) is 13.5. The fourth-order valence-corrected chi connectivity index (χ4v) is 4.47. The van der Waals surface area contributed by atoms with Crippen molar-refractivity contribution in [3.05, 3.63) is 52.7 Å². The molecule has 0 spiro atoms. The molecule has 0 amide bonds. The first-order chi connectivity index (χ1) is 12.1. The molecule has 1 aliphatic rings. The summed E-state index contributed by atoms with van der Waals surface area (Å²) in [7, 11) is -3.74. The maximum absolute atomic E-state index is 12.7. The molecule has 0 atom stereocenters. The Morgan fingerprint density at radius 2 is 1.85 bits per heavy atom. The summed E-state index contributed by atoms with van der Waals surface area (Å²) in [6.07, 6.45) is -5.14. The molecule has 0 aliphatic carbocycles. The maximum atomic E-state index is 12.7. The van der Waals surface area contributed by atoms with Crippen LogP contribution in [-0.4, -0.2) is 36.9 Å². The van der Waals surface area contributed by atoms with Gasteiger partial charge in [0.05, 0.1) is 18.0 Å². The van der Waals surface area contributed by atoms with Crippen LogP contribution in [0.2, 0.25) is 5.02 Å². The van der Waals surface area contributed by atoms with Gasteiger partial charge in [0.2, 0.25) is 15.9 Å². The molecule has 1 aromatic heterocycles. The van der Waals surface area contributed by atoms with Crippen LogP contribution in [0.25, 0.3) is 0 Å². The van der Waals surface area contributed by atoms with E-state index in [0.717, 1.165) is 6.07 Å². The fraction of sp³-hybridized carbons (Fsp3) is 0.312. The summed E-state index contributed by atoms with van der Waals surface area (Å²) in [6.45, 7) is 1.65. The van der Waals surface area contributed by atoms with Crippen LogP contribution in [0.4, 0.5) is 13.2 Å². The number of aromatic nitrogens is 1. The van der Waals surface area contributed by atoms with E-state index in [2.05, 4.69) is 4.98 Å². The van der Waals surface area contributed by atoms with E-state index in [-0.39, 0.29) is 23.9 Å². The Hall–Kier alpha value is -1.84. The second-order valence-electron chi connectivity index (χ2n) is 5.78. The number of hydrogen-bond acceptors (Lipinski definition) is 4. The zero-order chi connectivity index (χ0) is 19.1. The largest absolute Gasteiger partial charge is 0.472 e. The van der Waals surface area contributed by atoms with Crippen molar-refractivity contribution in [1.29, 1.82) is 0 Å². The monoisotopic (exact) mass is 406 g/mol. The van der Waals surface area contributed by atoms with Gasteiger partial charge in [0.15, 0.2) is 0 Å². The number of sulfonamides is 1. The Kier molecular flexibility index (Phi) is 4.89. The highest BCUT2D eigenvalue weighted by Gasteiger charge is 2.39. The smallest absolute Gasteiger partial charge is 0.433 e. The molecule has 1 fully saturated rings. The van der Waals surface area contributed by atoms with Gasteiger partial charge in [0.25, 0.3) is 0 Å². The van der Waals surface area contributed by atoms with Crippen LogP contribution < -0.4 is 4.74 Å². The lowest BCUT2D eigenvalue weighted by Crippen LogP contribution is -2.56. The molecule has 140 valence electrons. The van der Waals surface area contributed by atoms with Crippen molar-refractivity contribution >= 4 is 21.6 Å². The molecule has 10 heteroatoms. The van der Waals surface area contributed by atoms with Crippen LogP contribution in [0, 0.1) is 6.92 Å². The van der Waals surface area contributed by atoms with Crippen molar-refractivity contribution in [2.24, 2.45) is 0 Å². The van der Waals surface area contributed by atoms with Crippen molar-refractivity contribution in [3.63, 3.8) is 0 Å². The van der Waals surface area contributed by atoms with E-state index in [4.69, 9.17) is 16.3 Å². The van der Waals surface area contributed by atoms with Crippen molar-refractivity contribution < 1.29 is 26.3 Å². The fourth-order valence-electron chi connectivity index (χ4n) is 2.49. The second-order valence-corrected chi connectivity index (χ2v) is 8.10. The number of benzene rings is 1. The Morgan fingerprint density at radius 1 is 1.19 bits per heavy atom. The van der Waals surface area contributed by atoms with Crippen LogP contribution in [0.5, 0.6) is 5.88 Å². The summed E-state index contributed by atoms with van der Waals surface area (Å²) in [6, 6.07) is 7.92. The number of pyridine rings is 1. The van der Waals surface area contributed by atoms with Crippen molar-refractivity contribution in [2.75, 3.05) is 13.1 Å². The van der Waals surface area contributed by atoms with E-state index in [1.807, 2.05) is 0 Å². The summed E-state index contributed by atoms with van der Waals surface area (Å²) in [5, 5.41) is 0.340. The van der Waals surface area contributed by atoms with Gasteiger partial charge in [-0.25, -0.2) is 13.4 Å². The van der Waals surface area contributed by atoms with Crippen molar-refractivity contribution in [1.82, 2.24) is 9.29 Å². The van der Waals surface area contributed by atoms with E-state index in [9.17, 15) is 21.6 Å². The molecule has 1 saturated heterocycles. The van der Waals surface area contributed by atoms with Crippen LogP contribution in [0.15, 0.2) is 41.3 Å².